The Kier molecular flexibility index (Phi) is 3.80. The lowest BCUT2D eigenvalue weighted by atomic mass is 10.1. The molecule has 1 aromatic rings. The van der Waals surface area contributed by atoms with Gasteiger partial charge in [-0.1, -0.05) is 19.1 Å². The second kappa shape index (κ2) is 5.18. The smallest absolute Gasteiger partial charge is 0.405 e. The lowest BCUT2D eigenvalue weighted by Crippen LogP contribution is -2.20. The van der Waals surface area contributed by atoms with Crippen LogP contribution in [-0.4, -0.2) is 12.9 Å². The van der Waals surface area contributed by atoms with Gasteiger partial charge >= 0.3 is 6.36 Å². The summed E-state index contributed by atoms with van der Waals surface area (Å²) in [5.74, 6) is -0.0548. The monoisotopic (exact) mass is 259 g/mol. The topological polar surface area (TPSA) is 21.3 Å². The third-order valence-electron chi connectivity index (χ3n) is 3.09. The van der Waals surface area contributed by atoms with Gasteiger partial charge in [-0.3, -0.25) is 0 Å². The number of benzene rings is 1. The van der Waals surface area contributed by atoms with Crippen molar-refractivity contribution in [2.24, 2.45) is 0 Å². The minimum Gasteiger partial charge on any atom is -0.405 e. The van der Waals surface area contributed by atoms with Crippen molar-refractivity contribution in [2.45, 2.75) is 38.6 Å². The first-order valence-corrected chi connectivity index (χ1v) is 6.12. The van der Waals surface area contributed by atoms with Crippen molar-refractivity contribution in [1.29, 1.82) is 0 Å². The quantitative estimate of drug-likeness (QED) is 0.892. The Bertz CT molecular complexity index is 417. The molecule has 1 unspecified atom stereocenters. The molecule has 1 atom stereocenters. The van der Waals surface area contributed by atoms with Gasteiger partial charge in [0, 0.05) is 6.04 Å². The molecule has 1 aliphatic carbocycles. The summed E-state index contributed by atoms with van der Waals surface area (Å²) in [6, 6.07) is 5.02. The first-order valence-electron chi connectivity index (χ1n) is 6.12. The molecule has 0 bridgehead atoms. The van der Waals surface area contributed by atoms with Crippen molar-refractivity contribution < 1.29 is 17.9 Å². The number of rotatable bonds is 4. The molecule has 0 heterocycles. The lowest BCUT2D eigenvalue weighted by molar-refractivity contribution is -0.274. The summed E-state index contributed by atoms with van der Waals surface area (Å²) in [7, 11) is 0. The number of fused-ring (bicyclic) bond motifs is 1. The Morgan fingerprint density at radius 1 is 1.39 bits per heavy atom. The maximum Gasteiger partial charge on any atom is 0.573 e. The zero-order valence-electron chi connectivity index (χ0n) is 10.2. The average Bonchev–Trinajstić information content (AvgIpc) is 2.69. The van der Waals surface area contributed by atoms with Gasteiger partial charge in [-0.05, 0) is 43.0 Å². The average molecular weight is 259 g/mol. The molecule has 18 heavy (non-hydrogen) atoms. The normalized spacial score (nSPS) is 18.8. The van der Waals surface area contributed by atoms with Gasteiger partial charge in [-0.2, -0.15) is 0 Å². The largest absolute Gasteiger partial charge is 0.573 e. The fraction of sp³-hybridized carbons (Fsp3) is 0.538. The summed E-state index contributed by atoms with van der Waals surface area (Å²) in [5.41, 5.74) is 1.62. The number of ether oxygens (including phenoxy) is 1. The van der Waals surface area contributed by atoms with Crippen molar-refractivity contribution in [3.05, 3.63) is 29.3 Å². The zero-order valence-corrected chi connectivity index (χ0v) is 10.2. The fourth-order valence-corrected chi connectivity index (χ4v) is 2.37. The Morgan fingerprint density at radius 3 is 2.83 bits per heavy atom. The lowest BCUT2D eigenvalue weighted by Gasteiger charge is -2.15. The van der Waals surface area contributed by atoms with E-state index in [0.29, 0.717) is 12.0 Å². The summed E-state index contributed by atoms with van der Waals surface area (Å²) in [6.45, 7) is 2.93. The molecule has 0 saturated heterocycles. The molecule has 0 aliphatic heterocycles. The molecule has 0 amide bonds. The molecule has 0 fully saturated rings. The predicted octanol–water partition coefficient (Wildman–Crippen LogP) is 3.57. The molecular weight excluding hydrogens is 243 g/mol. The molecule has 0 saturated carbocycles. The van der Waals surface area contributed by atoms with E-state index in [9.17, 15) is 13.2 Å². The van der Waals surface area contributed by atoms with Crippen molar-refractivity contribution >= 4 is 0 Å². The van der Waals surface area contributed by atoms with Gasteiger partial charge in [0.05, 0.1) is 0 Å². The highest BCUT2D eigenvalue weighted by molar-refractivity contribution is 5.45. The molecular formula is C13H16F3NO. The van der Waals surface area contributed by atoms with E-state index >= 15 is 0 Å². The first kappa shape index (κ1) is 13.2. The molecule has 1 N–H and O–H groups in total. The van der Waals surface area contributed by atoms with E-state index in [-0.39, 0.29) is 11.8 Å². The molecule has 100 valence electrons. The molecule has 0 radical (unpaired) electrons. The van der Waals surface area contributed by atoms with Crippen LogP contribution in [0.1, 0.15) is 36.9 Å². The maximum atomic E-state index is 12.3. The highest BCUT2D eigenvalue weighted by atomic mass is 19.4. The Hall–Kier alpha value is -1.23. The van der Waals surface area contributed by atoms with Crippen LogP contribution in [0.4, 0.5) is 13.2 Å². The Balaban J connectivity index is 2.19. The maximum absolute atomic E-state index is 12.3. The van der Waals surface area contributed by atoms with Crippen molar-refractivity contribution in [2.75, 3.05) is 6.54 Å². The van der Waals surface area contributed by atoms with Gasteiger partial charge in [0.15, 0.2) is 0 Å². The molecule has 0 spiro atoms. The summed E-state index contributed by atoms with van der Waals surface area (Å²) in [4.78, 5) is 0. The third-order valence-corrected chi connectivity index (χ3v) is 3.09. The van der Waals surface area contributed by atoms with Crippen LogP contribution in [-0.2, 0) is 6.42 Å². The number of halogens is 3. The molecule has 1 aromatic carbocycles. The van der Waals surface area contributed by atoms with Crippen LogP contribution in [0, 0.1) is 0 Å². The standard InChI is InChI=1S/C13H16F3NO/c1-2-8-17-11-7-6-10-9(11)4-3-5-12(10)18-13(14,15)16/h3-5,11,17H,2,6-8H2,1H3. The van der Waals surface area contributed by atoms with Crippen LogP contribution in [0.3, 0.4) is 0 Å². The van der Waals surface area contributed by atoms with E-state index in [4.69, 9.17) is 0 Å². The van der Waals surface area contributed by atoms with Crippen LogP contribution in [0.2, 0.25) is 0 Å². The van der Waals surface area contributed by atoms with Gasteiger partial charge < -0.3 is 10.1 Å². The number of alkyl halides is 3. The summed E-state index contributed by atoms with van der Waals surface area (Å²) in [5, 5.41) is 3.34. The molecule has 2 rings (SSSR count). The SMILES string of the molecule is CCCNC1CCc2c(OC(F)(F)F)cccc21. The van der Waals surface area contributed by atoms with E-state index in [1.165, 1.54) is 6.07 Å². The summed E-state index contributed by atoms with van der Waals surface area (Å²) >= 11 is 0. The highest BCUT2D eigenvalue weighted by Crippen LogP contribution is 2.38. The van der Waals surface area contributed by atoms with E-state index in [1.807, 2.05) is 6.07 Å². The van der Waals surface area contributed by atoms with E-state index in [2.05, 4.69) is 17.0 Å². The third kappa shape index (κ3) is 2.96. The van der Waals surface area contributed by atoms with E-state index in [1.54, 1.807) is 6.07 Å². The summed E-state index contributed by atoms with van der Waals surface area (Å²) < 4.78 is 40.9. The zero-order chi connectivity index (χ0) is 13.2. The molecule has 2 nitrogen and oxygen atoms in total. The first-order chi connectivity index (χ1) is 8.51. The van der Waals surface area contributed by atoms with Gasteiger partial charge in [-0.25, -0.2) is 0 Å². The molecule has 0 aromatic heterocycles. The van der Waals surface area contributed by atoms with E-state index in [0.717, 1.165) is 24.9 Å². The Morgan fingerprint density at radius 2 is 2.17 bits per heavy atom. The van der Waals surface area contributed by atoms with Gasteiger partial charge in [0.2, 0.25) is 0 Å². The van der Waals surface area contributed by atoms with Crippen LogP contribution < -0.4 is 10.1 Å². The number of hydrogen-bond donors (Lipinski definition) is 1. The van der Waals surface area contributed by atoms with Crippen LogP contribution in [0.5, 0.6) is 5.75 Å². The van der Waals surface area contributed by atoms with Gasteiger partial charge in [-0.15, -0.1) is 13.2 Å². The molecule has 1 aliphatic rings. The van der Waals surface area contributed by atoms with Gasteiger partial charge in [0.25, 0.3) is 0 Å². The van der Waals surface area contributed by atoms with Crippen LogP contribution >= 0.6 is 0 Å². The molecule has 5 heteroatoms. The van der Waals surface area contributed by atoms with E-state index < -0.39 is 6.36 Å². The number of hydrogen-bond acceptors (Lipinski definition) is 2. The second-order valence-electron chi connectivity index (χ2n) is 4.42. The second-order valence-corrected chi connectivity index (χ2v) is 4.42. The van der Waals surface area contributed by atoms with Crippen molar-refractivity contribution in [3.63, 3.8) is 0 Å². The minimum absolute atomic E-state index is 0.0548. The number of nitrogens with one attached hydrogen (secondary N) is 1. The fourth-order valence-electron chi connectivity index (χ4n) is 2.37. The van der Waals surface area contributed by atoms with Crippen LogP contribution in [0.15, 0.2) is 18.2 Å². The van der Waals surface area contributed by atoms with Gasteiger partial charge in [0.1, 0.15) is 5.75 Å². The van der Waals surface area contributed by atoms with Crippen molar-refractivity contribution in [1.82, 2.24) is 5.32 Å². The summed E-state index contributed by atoms with van der Waals surface area (Å²) in [6.07, 6.45) is -2.16. The Labute approximate surface area is 104 Å². The van der Waals surface area contributed by atoms with Crippen LogP contribution in [0.25, 0.3) is 0 Å². The highest BCUT2D eigenvalue weighted by Gasteiger charge is 2.34. The predicted molar refractivity (Wildman–Crippen MR) is 62.5 cm³/mol. The minimum atomic E-state index is -4.62. The van der Waals surface area contributed by atoms with Crippen molar-refractivity contribution in [3.8, 4) is 5.75 Å².